The van der Waals surface area contributed by atoms with E-state index < -0.39 is 11.7 Å². The number of esters is 1. The number of carbonyl (C=O) groups excluding carboxylic acids is 2. The van der Waals surface area contributed by atoms with Crippen molar-refractivity contribution >= 4 is 23.2 Å². The lowest BCUT2D eigenvalue weighted by Gasteiger charge is -2.30. The van der Waals surface area contributed by atoms with Crippen molar-refractivity contribution in [2.75, 3.05) is 19.7 Å². The Balaban J connectivity index is 1.68. The number of halogens is 3. The Bertz CT molecular complexity index is 858. The zero-order chi connectivity index (χ0) is 20.3. The van der Waals surface area contributed by atoms with E-state index in [4.69, 9.17) is 4.74 Å². The van der Waals surface area contributed by atoms with Gasteiger partial charge in [-0.05, 0) is 31.9 Å². The fourth-order valence-corrected chi connectivity index (χ4v) is 3.86. The van der Waals surface area contributed by atoms with Gasteiger partial charge in [-0.2, -0.15) is 13.2 Å². The molecular formula is C19H19F3N2O3S. The minimum Gasteiger partial charge on any atom is -0.466 e. The number of hydrogen-bond acceptors (Lipinski definition) is 5. The van der Waals surface area contributed by atoms with E-state index in [1.54, 1.807) is 17.2 Å². The number of amides is 1. The third-order valence-electron chi connectivity index (χ3n) is 4.56. The lowest BCUT2D eigenvalue weighted by Crippen LogP contribution is -2.40. The van der Waals surface area contributed by atoms with E-state index in [1.165, 1.54) is 12.1 Å². The molecule has 28 heavy (non-hydrogen) atoms. The van der Waals surface area contributed by atoms with Gasteiger partial charge in [0.15, 0.2) is 0 Å². The number of likely N-dealkylation sites (tertiary alicyclic amines) is 1. The highest BCUT2D eigenvalue weighted by molar-refractivity contribution is 7.13. The Morgan fingerprint density at radius 2 is 2.00 bits per heavy atom. The monoisotopic (exact) mass is 412 g/mol. The predicted molar refractivity (Wildman–Crippen MR) is 97.8 cm³/mol. The van der Waals surface area contributed by atoms with E-state index in [1.807, 2.05) is 0 Å². The summed E-state index contributed by atoms with van der Waals surface area (Å²) in [5.41, 5.74) is -0.235. The Labute approximate surface area is 164 Å². The summed E-state index contributed by atoms with van der Waals surface area (Å²) >= 11 is 1.13. The van der Waals surface area contributed by atoms with Crippen molar-refractivity contribution < 1.29 is 27.5 Å². The van der Waals surface area contributed by atoms with Gasteiger partial charge in [0, 0.05) is 24.0 Å². The van der Waals surface area contributed by atoms with Crippen molar-refractivity contribution in [3.05, 3.63) is 40.9 Å². The van der Waals surface area contributed by atoms with Crippen LogP contribution in [-0.4, -0.2) is 41.5 Å². The summed E-state index contributed by atoms with van der Waals surface area (Å²) in [7, 11) is 0. The van der Waals surface area contributed by atoms with Crippen LogP contribution in [0, 0.1) is 5.92 Å². The van der Waals surface area contributed by atoms with Crippen molar-refractivity contribution in [2.45, 2.75) is 25.9 Å². The number of carbonyl (C=O) groups is 2. The average Bonchev–Trinajstić information content (AvgIpc) is 3.17. The molecular weight excluding hydrogens is 393 g/mol. The molecule has 0 N–H and O–H groups in total. The van der Waals surface area contributed by atoms with Gasteiger partial charge in [-0.3, -0.25) is 9.59 Å². The van der Waals surface area contributed by atoms with Crippen molar-refractivity contribution in [3.63, 3.8) is 0 Å². The second-order valence-corrected chi connectivity index (χ2v) is 7.29. The van der Waals surface area contributed by atoms with Crippen LogP contribution in [-0.2, 0) is 15.7 Å². The molecule has 0 atom stereocenters. The van der Waals surface area contributed by atoms with Gasteiger partial charge in [0.1, 0.15) is 10.7 Å². The van der Waals surface area contributed by atoms with E-state index in [9.17, 15) is 22.8 Å². The van der Waals surface area contributed by atoms with Crippen LogP contribution >= 0.6 is 11.3 Å². The Morgan fingerprint density at radius 3 is 2.64 bits per heavy atom. The Hall–Kier alpha value is -2.42. The van der Waals surface area contributed by atoms with E-state index in [-0.39, 0.29) is 23.5 Å². The fraction of sp³-hybridized carbons (Fsp3) is 0.421. The number of piperidine rings is 1. The highest BCUT2D eigenvalue weighted by Crippen LogP contribution is 2.33. The molecule has 1 aromatic heterocycles. The van der Waals surface area contributed by atoms with Crippen LogP contribution < -0.4 is 0 Å². The number of rotatable bonds is 4. The standard InChI is InChI=1S/C19H19F3N2O3S/c1-2-27-18(26)12-6-8-24(9-7-12)17(25)15-11-28-16(23-15)13-4-3-5-14(10-13)19(20,21)22/h3-5,10-12H,2,6-9H2,1H3. The summed E-state index contributed by atoms with van der Waals surface area (Å²) in [5.74, 6) is -0.730. The van der Waals surface area contributed by atoms with E-state index in [0.29, 0.717) is 43.1 Å². The summed E-state index contributed by atoms with van der Waals surface area (Å²) in [4.78, 5) is 30.3. The van der Waals surface area contributed by atoms with Crippen LogP contribution in [0.25, 0.3) is 10.6 Å². The molecule has 1 fully saturated rings. The van der Waals surface area contributed by atoms with E-state index >= 15 is 0 Å². The maximum atomic E-state index is 12.9. The van der Waals surface area contributed by atoms with Gasteiger partial charge in [-0.25, -0.2) is 4.98 Å². The van der Waals surface area contributed by atoms with Gasteiger partial charge in [-0.15, -0.1) is 11.3 Å². The molecule has 2 heterocycles. The molecule has 0 bridgehead atoms. The molecule has 2 aromatic rings. The molecule has 0 saturated carbocycles. The third kappa shape index (κ3) is 4.52. The van der Waals surface area contributed by atoms with Crippen LogP contribution in [0.4, 0.5) is 13.2 Å². The van der Waals surface area contributed by atoms with Crippen LogP contribution in [0.2, 0.25) is 0 Å². The first-order valence-corrected chi connectivity index (χ1v) is 9.76. The first-order chi connectivity index (χ1) is 13.3. The summed E-state index contributed by atoms with van der Waals surface area (Å²) in [6, 6.07) is 4.88. The number of nitrogens with zero attached hydrogens (tertiary/aromatic N) is 2. The largest absolute Gasteiger partial charge is 0.466 e. The van der Waals surface area contributed by atoms with Gasteiger partial charge in [0.2, 0.25) is 0 Å². The molecule has 0 unspecified atom stereocenters. The molecule has 9 heteroatoms. The average molecular weight is 412 g/mol. The number of aromatic nitrogens is 1. The summed E-state index contributed by atoms with van der Waals surface area (Å²) in [6.07, 6.45) is -3.39. The molecule has 0 radical (unpaired) electrons. The van der Waals surface area contributed by atoms with Crippen molar-refractivity contribution in [1.82, 2.24) is 9.88 Å². The second kappa shape index (κ2) is 8.30. The summed E-state index contributed by atoms with van der Waals surface area (Å²) < 4.78 is 43.7. The molecule has 3 rings (SSSR count). The molecule has 1 saturated heterocycles. The van der Waals surface area contributed by atoms with Gasteiger partial charge in [0.25, 0.3) is 5.91 Å². The van der Waals surface area contributed by atoms with Crippen LogP contribution in [0.1, 0.15) is 35.8 Å². The minimum absolute atomic E-state index is 0.201. The smallest absolute Gasteiger partial charge is 0.416 e. The Kier molecular flexibility index (Phi) is 6.02. The topological polar surface area (TPSA) is 59.5 Å². The molecule has 1 aromatic carbocycles. The van der Waals surface area contributed by atoms with Gasteiger partial charge < -0.3 is 9.64 Å². The van der Waals surface area contributed by atoms with Crippen LogP contribution in [0.5, 0.6) is 0 Å². The fourth-order valence-electron chi connectivity index (χ4n) is 3.07. The van der Waals surface area contributed by atoms with E-state index in [0.717, 1.165) is 23.5 Å². The number of ether oxygens (including phenoxy) is 1. The Morgan fingerprint density at radius 1 is 1.29 bits per heavy atom. The summed E-state index contributed by atoms with van der Waals surface area (Å²) in [6.45, 7) is 2.91. The molecule has 0 aliphatic carbocycles. The lowest BCUT2D eigenvalue weighted by atomic mass is 9.97. The number of benzene rings is 1. The van der Waals surface area contributed by atoms with Gasteiger partial charge in [-0.1, -0.05) is 12.1 Å². The molecule has 150 valence electrons. The molecule has 5 nitrogen and oxygen atoms in total. The number of hydrogen-bond donors (Lipinski definition) is 0. The molecule has 1 amide bonds. The molecule has 0 spiro atoms. The first-order valence-electron chi connectivity index (χ1n) is 8.88. The predicted octanol–water partition coefficient (Wildman–Crippen LogP) is 4.24. The van der Waals surface area contributed by atoms with E-state index in [2.05, 4.69) is 4.98 Å². The lowest BCUT2D eigenvalue weighted by molar-refractivity contribution is -0.149. The first kappa shape index (κ1) is 20.3. The number of thiazole rings is 1. The normalized spacial score (nSPS) is 15.5. The highest BCUT2D eigenvalue weighted by atomic mass is 32.1. The van der Waals surface area contributed by atoms with Gasteiger partial charge >= 0.3 is 12.1 Å². The van der Waals surface area contributed by atoms with Crippen LogP contribution in [0.15, 0.2) is 29.6 Å². The maximum Gasteiger partial charge on any atom is 0.416 e. The van der Waals surface area contributed by atoms with Crippen molar-refractivity contribution in [3.8, 4) is 10.6 Å². The highest BCUT2D eigenvalue weighted by Gasteiger charge is 2.31. The second-order valence-electron chi connectivity index (χ2n) is 6.43. The van der Waals surface area contributed by atoms with Crippen molar-refractivity contribution in [1.29, 1.82) is 0 Å². The maximum absolute atomic E-state index is 12.9. The minimum atomic E-state index is -4.44. The van der Waals surface area contributed by atoms with Crippen molar-refractivity contribution in [2.24, 2.45) is 5.92 Å². The third-order valence-corrected chi connectivity index (χ3v) is 5.45. The van der Waals surface area contributed by atoms with Gasteiger partial charge in [0.05, 0.1) is 18.1 Å². The quantitative estimate of drug-likeness (QED) is 0.705. The zero-order valence-electron chi connectivity index (χ0n) is 15.2. The molecule has 1 aliphatic heterocycles. The summed E-state index contributed by atoms with van der Waals surface area (Å²) in [5, 5.41) is 1.91. The zero-order valence-corrected chi connectivity index (χ0v) is 16.0. The SMILES string of the molecule is CCOC(=O)C1CCN(C(=O)c2csc(-c3cccc(C(F)(F)F)c3)n2)CC1. The van der Waals surface area contributed by atoms with Crippen LogP contribution in [0.3, 0.4) is 0 Å². The number of alkyl halides is 3. The molecule has 1 aliphatic rings.